The van der Waals surface area contributed by atoms with Crippen LogP contribution >= 0.6 is 0 Å². The third kappa shape index (κ3) is 2.93. The smallest absolute Gasteiger partial charge is 0.323 e. The number of hydrogen-bond acceptors (Lipinski definition) is 4. The van der Waals surface area contributed by atoms with Crippen LogP contribution in [-0.4, -0.2) is 18.6 Å². The summed E-state index contributed by atoms with van der Waals surface area (Å²) in [7, 11) is 0. The second kappa shape index (κ2) is 6.40. The molecule has 0 fully saturated rings. The number of amides is 2. The van der Waals surface area contributed by atoms with Crippen molar-refractivity contribution in [2.24, 2.45) is 0 Å². The fourth-order valence-corrected chi connectivity index (χ4v) is 2.95. The van der Waals surface area contributed by atoms with E-state index in [1.165, 1.54) is 6.92 Å². The van der Waals surface area contributed by atoms with Crippen molar-refractivity contribution < 1.29 is 19.1 Å². The molecule has 4 rings (SSSR count). The van der Waals surface area contributed by atoms with Gasteiger partial charge in [0.05, 0.1) is 11.4 Å². The molecule has 3 aromatic carbocycles. The molecule has 0 saturated carbocycles. The first kappa shape index (κ1) is 16.0. The number of Topliss-reactive ketones (excluding diaryl/α,β-unsaturated/α-hetero) is 1. The number of benzene rings is 3. The van der Waals surface area contributed by atoms with Gasteiger partial charge in [0.2, 0.25) is 6.79 Å². The van der Waals surface area contributed by atoms with Crippen LogP contribution in [0.5, 0.6) is 11.5 Å². The number of hydrogen-bond donors (Lipinski definition) is 2. The quantitative estimate of drug-likeness (QED) is 0.687. The highest BCUT2D eigenvalue weighted by Crippen LogP contribution is 2.37. The van der Waals surface area contributed by atoms with Crippen LogP contribution in [0, 0.1) is 0 Å². The molecule has 0 aliphatic carbocycles. The van der Waals surface area contributed by atoms with Gasteiger partial charge in [-0.1, -0.05) is 36.4 Å². The van der Waals surface area contributed by atoms with Crippen LogP contribution in [0.2, 0.25) is 0 Å². The van der Waals surface area contributed by atoms with Gasteiger partial charge in [-0.25, -0.2) is 4.79 Å². The van der Waals surface area contributed by atoms with Crippen LogP contribution in [-0.2, 0) is 0 Å². The Labute approximate surface area is 149 Å². The maximum absolute atomic E-state index is 12.5. The summed E-state index contributed by atoms with van der Waals surface area (Å²) in [6, 6.07) is 16.2. The predicted octanol–water partition coefficient (Wildman–Crippen LogP) is 4.42. The molecule has 6 heteroatoms. The molecule has 130 valence electrons. The number of rotatable bonds is 3. The zero-order chi connectivity index (χ0) is 18.1. The Hall–Kier alpha value is -3.54. The molecule has 0 unspecified atom stereocenters. The molecule has 3 aromatic rings. The molecule has 6 nitrogen and oxygen atoms in total. The van der Waals surface area contributed by atoms with E-state index in [4.69, 9.17) is 9.47 Å². The Kier molecular flexibility index (Phi) is 3.93. The standard InChI is InChI=1S/C20H16N2O4/c1-12(23)15-9-18-19(26-11-25-18)10-17(15)22-20(24)21-16-8-4-6-13-5-2-3-7-14(13)16/h2-10H,11H2,1H3,(H2,21,22,24). The molecule has 1 aliphatic heterocycles. The van der Waals surface area contributed by atoms with E-state index in [-0.39, 0.29) is 12.6 Å². The minimum Gasteiger partial charge on any atom is -0.454 e. The van der Waals surface area contributed by atoms with Gasteiger partial charge in [-0.2, -0.15) is 0 Å². The van der Waals surface area contributed by atoms with Crippen molar-refractivity contribution >= 4 is 34.0 Å². The highest BCUT2D eigenvalue weighted by atomic mass is 16.7. The zero-order valence-electron chi connectivity index (χ0n) is 14.0. The Bertz CT molecular complexity index is 1020. The van der Waals surface area contributed by atoms with Crippen molar-refractivity contribution in [1.82, 2.24) is 0 Å². The fourth-order valence-electron chi connectivity index (χ4n) is 2.95. The second-order valence-electron chi connectivity index (χ2n) is 5.91. The van der Waals surface area contributed by atoms with E-state index in [0.29, 0.717) is 28.4 Å². The van der Waals surface area contributed by atoms with E-state index in [1.807, 2.05) is 42.5 Å². The molecule has 2 amide bonds. The van der Waals surface area contributed by atoms with Crippen LogP contribution < -0.4 is 20.1 Å². The first-order valence-electron chi connectivity index (χ1n) is 8.12. The van der Waals surface area contributed by atoms with E-state index in [1.54, 1.807) is 12.1 Å². The minimum absolute atomic E-state index is 0.0956. The molecule has 0 saturated heterocycles. The number of fused-ring (bicyclic) bond motifs is 2. The number of ether oxygens (including phenoxy) is 2. The molecular formula is C20H16N2O4. The molecule has 1 heterocycles. The summed E-state index contributed by atoms with van der Waals surface area (Å²) in [5, 5.41) is 7.52. The van der Waals surface area contributed by atoms with Crippen LogP contribution in [0.25, 0.3) is 10.8 Å². The Morgan fingerprint density at radius 3 is 2.38 bits per heavy atom. The Morgan fingerprint density at radius 1 is 0.885 bits per heavy atom. The Morgan fingerprint density at radius 2 is 1.58 bits per heavy atom. The summed E-state index contributed by atoms with van der Waals surface area (Å²) in [4.78, 5) is 24.4. The highest BCUT2D eigenvalue weighted by molar-refractivity contribution is 6.09. The maximum Gasteiger partial charge on any atom is 0.323 e. The molecule has 1 aliphatic rings. The number of anilines is 2. The topological polar surface area (TPSA) is 76.7 Å². The van der Waals surface area contributed by atoms with E-state index in [2.05, 4.69) is 10.6 Å². The highest BCUT2D eigenvalue weighted by Gasteiger charge is 2.20. The van der Waals surface area contributed by atoms with E-state index < -0.39 is 6.03 Å². The fraction of sp³-hybridized carbons (Fsp3) is 0.100. The first-order chi connectivity index (χ1) is 12.6. The van der Waals surface area contributed by atoms with Gasteiger partial charge in [0, 0.05) is 17.0 Å². The number of carbonyl (C=O) groups excluding carboxylic acids is 2. The second-order valence-corrected chi connectivity index (χ2v) is 5.91. The number of urea groups is 1. The lowest BCUT2D eigenvalue weighted by Crippen LogP contribution is -2.21. The van der Waals surface area contributed by atoms with Crippen molar-refractivity contribution in [2.45, 2.75) is 6.92 Å². The monoisotopic (exact) mass is 348 g/mol. The normalized spacial score (nSPS) is 12.0. The number of nitrogens with one attached hydrogen (secondary N) is 2. The van der Waals surface area contributed by atoms with Crippen molar-refractivity contribution in [3.8, 4) is 11.5 Å². The van der Waals surface area contributed by atoms with Crippen LogP contribution in [0.4, 0.5) is 16.2 Å². The zero-order valence-corrected chi connectivity index (χ0v) is 14.0. The molecule has 0 atom stereocenters. The van der Waals surface area contributed by atoms with Crippen molar-refractivity contribution in [2.75, 3.05) is 17.4 Å². The van der Waals surface area contributed by atoms with Crippen molar-refractivity contribution in [3.63, 3.8) is 0 Å². The van der Waals surface area contributed by atoms with Gasteiger partial charge in [0.1, 0.15) is 0 Å². The van der Waals surface area contributed by atoms with E-state index in [0.717, 1.165) is 10.8 Å². The SMILES string of the molecule is CC(=O)c1cc2c(cc1NC(=O)Nc1cccc3ccccc13)OCO2. The summed E-state index contributed by atoms with van der Waals surface area (Å²) >= 11 is 0. The van der Waals surface area contributed by atoms with Gasteiger partial charge in [0.25, 0.3) is 0 Å². The van der Waals surface area contributed by atoms with Crippen LogP contribution in [0.1, 0.15) is 17.3 Å². The molecule has 0 aromatic heterocycles. The van der Waals surface area contributed by atoms with Gasteiger partial charge in [0.15, 0.2) is 17.3 Å². The molecule has 0 bridgehead atoms. The van der Waals surface area contributed by atoms with Gasteiger partial charge < -0.3 is 20.1 Å². The van der Waals surface area contributed by atoms with Crippen molar-refractivity contribution in [3.05, 3.63) is 60.2 Å². The number of carbonyl (C=O) groups is 2. The third-order valence-corrected chi connectivity index (χ3v) is 4.18. The molecule has 26 heavy (non-hydrogen) atoms. The summed E-state index contributed by atoms with van der Waals surface area (Å²) in [5.74, 6) is 0.814. The minimum atomic E-state index is -0.442. The third-order valence-electron chi connectivity index (χ3n) is 4.18. The lowest BCUT2D eigenvalue weighted by Gasteiger charge is -2.13. The summed E-state index contributed by atoms with van der Waals surface area (Å²) in [5.41, 5.74) is 1.42. The average Bonchev–Trinajstić information content (AvgIpc) is 3.08. The average molecular weight is 348 g/mol. The lowest BCUT2D eigenvalue weighted by molar-refractivity contribution is 0.101. The first-order valence-corrected chi connectivity index (χ1v) is 8.12. The Balaban J connectivity index is 1.61. The lowest BCUT2D eigenvalue weighted by atomic mass is 10.1. The van der Waals surface area contributed by atoms with E-state index in [9.17, 15) is 9.59 Å². The van der Waals surface area contributed by atoms with Gasteiger partial charge >= 0.3 is 6.03 Å². The summed E-state index contributed by atoms with van der Waals surface area (Å²) in [6.45, 7) is 1.53. The van der Waals surface area contributed by atoms with Crippen LogP contribution in [0.15, 0.2) is 54.6 Å². The molecule has 0 radical (unpaired) electrons. The van der Waals surface area contributed by atoms with Gasteiger partial charge in [-0.15, -0.1) is 0 Å². The predicted molar refractivity (Wildman–Crippen MR) is 99.2 cm³/mol. The summed E-state index contributed by atoms with van der Waals surface area (Å²) in [6.07, 6.45) is 0. The summed E-state index contributed by atoms with van der Waals surface area (Å²) < 4.78 is 10.6. The van der Waals surface area contributed by atoms with Gasteiger partial charge in [-0.3, -0.25) is 4.79 Å². The van der Waals surface area contributed by atoms with E-state index >= 15 is 0 Å². The maximum atomic E-state index is 12.5. The van der Waals surface area contributed by atoms with Crippen molar-refractivity contribution in [1.29, 1.82) is 0 Å². The molecule has 0 spiro atoms. The van der Waals surface area contributed by atoms with Crippen LogP contribution in [0.3, 0.4) is 0 Å². The molecule has 2 N–H and O–H groups in total. The number of ketones is 1. The van der Waals surface area contributed by atoms with Gasteiger partial charge in [-0.05, 0) is 24.4 Å². The molecular weight excluding hydrogens is 332 g/mol. The largest absolute Gasteiger partial charge is 0.454 e.